The van der Waals surface area contributed by atoms with E-state index in [9.17, 15) is 24.6 Å². The van der Waals surface area contributed by atoms with Gasteiger partial charge in [0.25, 0.3) is 0 Å². The third-order valence-corrected chi connectivity index (χ3v) is 12.4. The van der Waals surface area contributed by atoms with Gasteiger partial charge in [0.15, 0.2) is 12.1 Å². The van der Waals surface area contributed by atoms with Crippen molar-refractivity contribution in [1.29, 1.82) is 0 Å². The van der Waals surface area contributed by atoms with Gasteiger partial charge >= 0.3 is 5.97 Å². The van der Waals surface area contributed by atoms with E-state index in [1.54, 1.807) is 20.8 Å². The zero-order valence-electron chi connectivity index (χ0n) is 35.5. The van der Waals surface area contributed by atoms with Crippen LogP contribution in [0.1, 0.15) is 87.1 Å². The molecule has 0 aliphatic carbocycles. The van der Waals surface area contributed by atoms with Crippen molar-refractivity contribution in [2.75, 3.05) is 27.3 Å². The van der Waals surface area contributed by atoms with Gasteiger partial charge in [-0.15, -0.1) is 0 Å². The van der Waals surface area contributed by atoms with Crippen molar-refractivity contribution < 1.29 is 53.1 Å². The molecule has 3 saturated heterocycles. The lowest BCUT2D eigenvalue weighted by Crippen LogP contribution is -2.60. The number of aliphatic imine (C=N–C) groups is 1. The number of esters is 1. The monoisotopic (exact) mass is 831 g/mol. The summed E-state index contributed by atoms with van der Waals surface area (Å²) in [5, 5.41) is 28.5. The van der Waals surface area contributed by atoms with Gasteiger partial charge in [0.2, 0.25) is 5.91 Å². The molecule has 4 heterocycles. The lowest BCUT2D eigenvalue weighted by Gasteiger charge is -2.47. The van der Waals surface area contributed by atoms with Crippen molar-refractivity contribution in [3.8, 4) is 0 Å². The molecule has 17 heteroatoms. The molecule has 3 aliphatic heterocycles. The summed E-state index contributed by atoms with van der Waals surface area (Å²) in [7, 11) is 3.73. The van der Waals surface area contributed by atoms with Crippen molar-refractivity contribution in [3.63, 3.8) is 0 Å². The van der Waals surface area contributed by atoms with Crippen LogP contribution in [0, 0.1) is 23.7 Å². The number of carbonyl (C=O) groups excluding carboxylic acids is 3. The lowest BCUT2D eigenvalue weighted by atomic mass is 9.73. The molecule has 0 spiro atoms. The summed E-state index contributed by atoms with van der Waals surface area (Å²) >= 11 is 1.12. The molecule has 58 heavy (non-hydrogen) atoms. The highest BCUT2D eigenvalue weighted by Gasteiger charge is 2.53. The summed E-state index contributed by atoms with van der Waals surface area (Å²) in [5.74, 6) is -5.30. The van der Waals surface area contributed by atoms with E-state index < -0.39 is 83.2 Å². The highest BCUT2D eigenvalue weighted by atomic mass is 32.1. The van der Waals surface area contributed by atoms with E-state index in [0.717, 1.165) is 28.3 Å². The Morgan fingerprint density at radius 3 is 2.45 bits per heavy atom. The first kappa shape index (κ1) is 45.8. The maximum absolute atomic E-state index is 14.5. The number of hydrogen-bond donors (Lipinski definition) is 2. The van der Waals surface area contributed by atoms with E-state index in [-0.39, 0.29) is 44.8 Å². The summed E-state index contributed by atoms with van der Waals surface area (Å²) in [4.78, 5) is 53.4. The molecule has 1 aromatic carbocycles. The van der Waals surface area contributed by atoms with Crippen molar-refractivity contribution in [1.82, 2.24) is 13.6 Å². The SMILES string of the molecule is CC[C@H]1OC(=O)[C@H](C)C(=O)[C@H](C)[C@@H](O[C@@H]2O[C@H](C)C[C@H](N(C)C)[C@H]2O)[C@@]2(C)C[C@@H](C)C(=NC(C)=O)[C@H](C)[C@H](OC/C(=N\OCc3ccc4nsnc4c3)CO2)[C@]1(C)O. The Labute approximate surface area is 344 Å². The first-order valence-electron chi connectivity index (χ1n) is 20.1. The fraction of sp³-hybridized carbons (Fsp3) is 0.732. The minimum Gasteiger partial charge on any atom is -0.459 e. The number of cyclic esters (lactones) is 1. The zero-order valence-corrected chi connectivity index (χ0v) is 36.4. The molecule has 322 valence electrons. The van der Waals surface area contributed by atoms with Crippen molar-refractivity contribution in [2.24, 2.45) is 33.8 Å². The van der Waals surface area contributed by atoms with Crippen molar-refractivity contribution >= 4 is 51.8 Å². The summed E-state index contributed by atoms with van der Waals surface area (Å²) < 4.78 is 41.0. The average Bonchev–Trinajstić information content (AvgIpc) is 3.63. The summed E-state index contributed by atoms with van der Waals surface area (Å²) in [6, 6.07) is 5.27. The van der Waals surface area contributed by atoms with E-state index in [1.807, 2.05) is 58.0 Å². The predicted molar refractivity (Wildman–Crippen MR) is 216 cm³/mol. The first-order valence-corrected chi connectivity index (χ1v) is 20.9. The van der Waals surface area contributed by atoms with E-state index in [4.69, 9.17) is 28.5 Å². The normalized spacial score (nSPS) is 38.6. The number of ketones is 1. The molecule has 2 N–H and O–H groups in total. The number of benzene rings is 1. The number of nitrogens with zero attached hydrogens (tertiary/aromatic N) is 5. The van der Waals surface area contributed by atoms with Crippen LogP contribution in [0.5, 0.6) is 0 Å². The molecular weight excluding hydrogens is 771 g/mol. The van der Waals surface area contributed by atoms with Gasteiger partial charge in [-0.2, -0.15) is 8.75 Å². The maximum atomic E-state index is 14.5. The number of likely N-dealkylation sites (N-methyl/N-ethyl adjacent to an activating group) is 1. The molecule has 2 aromatic rings. The molecule has 2 bridgehead atoms. The number of aliphatic hydroxyl groups is 2. The van der Waals surface area contributed by atoms with Gasteiger partial charge in [0, 0.05) is 30.5 Å². The van der Waals surface area contributed by atoms with Crippen molar-refractivity contribution in [2.45, 2.75) is 142 Å². The summed E-state index contributed by atoms with van der Waals surface area (Å²) in [5.41, 5.74) is -0.214. The second-order valence-corrected chi connectivity index (χ2v) is 17.4. The van der Waals surface area contributed by atoms with Gasteiger partial charge in [-0.3, -0.25) is 14.4 Å². The molecule has 5 rings (SSSR count). The third kappa shape index (κ3) is 10.2. The number of amides is 1. The fourth-order valence-corrected chi connectivity index (χ4v) is 9.24. The molecule has 1 aromatic heterocycles. The van der Waals surface area contributed by atoms with Crippen LogP contribution < -0.4 is 0 Å². The van der Waals surface area contributed by atoms with E-state index >= 15 is 0 Å². The minimum absolute atomic E-state index is 0.0867. The van der Waals surface area contributed by atoms with Gasteiger partial charge in [-0.25, -0.2) is 4.99 Å². The van der Waals surface area contributed by atoms with Crippen LogP contribution in [0.4, 0.5) is 0 Å². The average molecular weight is 832 g/mol. The molecule has 0 unspecified atom stereocenters. The second kappa shape index (κ2) is 19.0. The van der Waals surface area contributed by atoms with Crippen LogP contribution in [0.25, 0.3) is 11.0 Å². The number of rotatable bonds is 7. The Morgan fingerprint density at radius 2 is 1.78 bits per heavy atom. The van der Waals surface area contributed by atoms with Crippen molar-refractivity contribution in [3.05, 3.63) is 23.8 Å². The zero-order chi connectivity index (χ0) is 42.7. The fourth-order valence-electron chi connectivity index (χ4n) is 8.72. The number of oxime groups is 1. The number of aliphatic hydroxyl groups excluding tert-OH is 1. The molecule has 3 aliphatic rings. The standard InChI is InChI=1S/C41H61N5O11S/c1-12-32-41(9,51)37-23(4)33(42-26(7)47)21(2)17-40(8,53-20-28(19-52-37)43-54-18-27-13-14-29-30(16-27)45-58-44-29)36(24(5)34(48)25(6)38(50)56-32)57-39-35(49)31(46(10)11)15-22(3)55-39/h13-14,16,21-25,31-32,35-37,39,49,51H,12,15,17-20H2,1-11H3/b42-33?,43-28+/t21-,22-,23+,24+,25-,31+,32-,35-,36-,37+,39+,40-,41-/m1/s1. The molecule has 13 atom stereocenters. The first-order chi connectivity index (χ1) is 27.3. The van der Waals surface area contributed by atoms with Crippen LogP contribution in [0.15, 0.2) is 28.3 Å². The van der Waals surface area contributed by atoms with Gasteiger partial charge in [-0.1, -0.05) is 38.9 Å². The maximum Gasteiger partial charge on any atom is 0.316 e. The summed E-state index contributed by atoms with van der Waals surface area (Å²) in [6.45, 7) is 14.8. The van der Waals surface area contributed by atoms with Crippen LogP contribution >= 0.6 is 11.7 Å². The second-order valence-electron chi connectivity index (χ2n) is 16.9. The molecule has 0 radical (unpaired) electrons. The number of Topliss-reactive ketones (excluding diaryl/α,β-unsaturated/α-hetero) is 1. The van der Waals surface area contributed by atoms with E-state index in [1.165, 1.54) is 20.8 Å². The van der Waals surface area contributed by atoms with Crippen LogP contribution in [-0.2, 0) is 49.5 Å². The number of aromatic nitrogens is 2. The predicted octanol–water partition coefficient (Wildman–Crippen LogP) is 4.13. The van der Waals surface area contributed by atoms with Crippen LogP contribution in [0.3, 0.4) is 0 Å². The summed E-state index contributed by atoms with van der Waals surface area (Å²) in [6.07, 6.45) is -5.08. The Balaban J connectivity index is 1.66. The van der Waals surface area contributed by atoms with Gasteiger partial charge < -0.3 is 43.6 Å². The van der Waals surface area contributed by atoms with Gasteiger partial charge in [-0.05, 0) is 84.7 Å². The largest absolute Gasteiger partial charge is 0.459 e. The number of carbonyl (C=O) groups is 3. The number of hydrogen-bond acceptors (Lipinski definition) is 16. The number of ether oxygens (including phenoxy) is 5. The van der Waals surface area contributed by atoms with Gasteiger partial charge in [0.05, 0.1) is 48.9 Å². The Hall–Kier alpha value is -3.29. The van der Waals surface area contributed by atoms with Crippen LogP contribution in [-0.4, -0.2) is 134 Å². The molecule has 3 fully saturated rings. The Kier molecular flexibility index (Phi) is 15.0. The lowest BCUT2D eigenvalue weighted by molar-refractivity contribution is -0.296. The Morgan fingerprint density at radius 1 is 1.07 bits per heavy atom. The highest BCUT2D eigenvalue weighted by molar-refractivity contribution is 7.00. The van der Waals surface area contributed by atoms with Gasteiger partial charge in [0.1, 0.15) is 47.1 Å². The smallest absolute Gasteiger partial charge is 0.316 e. The van der Waals surface area contributed by atoms with E-state index in [0.29, 0.717) is 17.8 Å². The molecular formula is C41H61N5O11S. The highest BCUT2D eigenvalue weighted by Crippen LogP contribution is 2.40. The third-order valence-electron chi connectivity index (χ3n) is 11.9. The minimum atomic E-state index is -1.85. The Bertz CT molecular complexity index is 1840. The molecule has 16 nitrogen and oxygen atoms in total. The molecule has 1 amide bonds. The topological polar surface area (TPSA) is 201 Å². The van der Waals surface area contributed by atoms with Crippen LogP contribution in [0.2, 0.25) is 0 Å². The molecule has 0 saturated carbocycles. The number of fused-ring (bicyclic) bond motifs is 6. The quantitative estimate of drug-likeness (QED) is 0.229. The van der Waals surface area contributed by atoms with E-state index in [2.05, 4.69) is 18.9 Å².